The molecule has 0 aliphatic heterocycles. The highest BCUT2D eigenvalue weighted by Gasteiger charge is 2.17. The van der Waals surface area contributed by atoms with E-state index in [0.29, 0.717) is 17.9 Å². The summed E-state index contributed by atoms with van der Waals surface area (Å²) in [7, 11) is 1.80. The first-order valence-corrected chi connectivity index (χ1v) is 10.2. The van der Waals surface area contributed by atoms with Crippen LogP contribution in [0.3, 0.4) is 0 Å². The summed E-state index contributed by atoms with van der Waals surface area (Å²) in [6.07, 6.45) is 0. The van der Waals surface area contributed by atoms with Crippen LogP contribution in [0.4, 0.5) is 0 Å². The Morgan fingerprint density at radius 3 is 2.29 bits per heavy atom. The maximum absolute atomic E-state index is 13.0. The number of hydrogen-bond donors (Lipinski definition) is 1. The summed E-state index contributed by atoms with van der Waals surface area (Å²) in [6, 6.07) is 26.6. The molecule has 0 aliphatic carbocycles. The number of carbonyl (C=O) groups excluding carboxylic acids is 2. The molecule has 4 rings (SSSR count). The minimum absolute atomic E-state index is 0.0253. The molecule has 0 fully saturated rings. The van der Waals surface area contributed by atoms with Crippen LogP contribution in [-0.4, -0.2) is 33.3 Å². The summed E-state index contributed by atoms with van der Waals surface area (Å²) in [5.41, 5.74) is 3.32. The fourth-order valence-corrected chi connectivity index (χ4v) is 3.49. The number of para-hydroxylation sites is 2. The van der Waals surface area contributed by atoms with E-state index in [0.717, 1.165) is 16.6 Å². The van der Waals surface area contributed by atoms with E-state index < -0.39 is 0 Å². The molecule has 6 nitrogen and oxygen atoms in total. The number of likely N-dealkylation sites (N-methyl/N-ethyl adjacent to an activating group) is 1. The Morgan fingerprint density at radius 1 is 0.903 bits per heavy atom. The van der Waals surface area contributed by atoms with Crippen LogP contribution < -0.4 is 5.32 Å². The van der Waals surface area contributed by atoms with E-state index in [4.69, 9.17) is 0 Å². The van der Waals surface area contributed by atoms with Crippen molar-refractivity contribution in [3.05, 3.63) is 102 Å². The Balaban J connectivity index is 1.52. The van der Waals surface area contributed by atoms with E-state index in [-0.39, 0.29) is 24.9 Å². The summed E-state index contributed by atoms with van der Waals surface area (Å²) < 4.78 is 1.88. The molecule has 3 aromatic carbocycles. The Kier molecular flexibility index (Phi) is 6.08. The van der Waals surface area contributed by atoms with Crippen molar-refractivity contribution < 1.29 is 9.59 Å². The van der Waals surface area contributed by atoms with Gasteiger partial charge in [-0.1, -0.05) is 60.7 Å². The van der Waals surface area contributed by atoms with Gasteiger partial charge < -0.3 is 14.8 Å². The third kappa shape index (κ3) is 4.80. The minimum atomic E-state index is -0.174. The van der Waals surface area contributed by atoms with Crippen molar-refractivity contribution in [2.45, 2.75) is 19.6 Å². The van der Waals surface area contributed by atoms with Gasteiger partial charge in [0.15, 0.2) is 0 Å². The molecule has 31 heavy (non-hydrogen) atoms. The van der Waals surface area contributed by atoms with Gasteiger partial charge in [-0.05, 0) is 29.8 Å². The van der Waals surface area contributed by atoms with Crippen molar-refractivity contribution in [2.75, 3.05) is 7.05 Å². The molecule has 1 N–H and O–H groups in total. The van der Waals surface area contributed by atoms with E-state index in [2.05, 4.69) is 10.3 Å². The fraction of sp³-hybridized carbons (Fsp3) is 0.160. The lowest BCUT2D eigenvalue weighted by atomic mass is 10.2. The van der Waals surface area contributed by atoms with Crippen molar-refractivity contribution in [1.82, 2.24) is 19.8 Å². The molecular formula is C25H24N4O2. The highest BCUT2D eigenvalue weighted by molar-refractivity contribution is 5.94. The van der Waals surface area contributed by atoms with E-state index in [1.165, 1.54) is 0 Å². The number of hydrogen-bond acceptors (Lipinski definition) is 3. The highest BCUT2D eigenvalue weighted by atomic mass is 16.2. The first-order valence-electron chi connectivity index (χ1n) is 10.2. The number of benzene rings is 3. The topological polar surface area (TPSA) is 67.2 Å². The number of amides is 2. The van der Waals surface area contributed by atoms with Gasteiger partial charge in [0, 0.05) is 19.2 Å². The molecule has 0 radical (unpaired) electrons. The van der Waals surface area contributed by atoms with E-state index in [9.17, 15) is 9.59 Å². The van der Waals surface area contributed by atoms with Crippen LogP contribution in [0.25, 0.3) is 11.0 Å². The lowest BCUT2D eigenvalue weighted by Gasteiger charge is -2.19. The molecule has 0 aliphatic rings. The summed E-state index contributed by atoms with van der Waals surface area (Å²) in [6.45, 7) is 0.921. The molecule has 156 valence electrons. The normalized spacial score (nSPS) is 10.7. The van der Waals surface area contributed by atoms with Gasteiger partial charge in [0.1, 0.15) is 12.4 Å². The number of nitrogens with zero attached hydrogens (tertiary/aromatic N) is 3. The Labute approximate surface area is 181 Å². The van der Waals surface area contributed by atoms with Gasteiger partial charge >= 0.3 is 0 Å². The second-order valence-electron chi connectivity index (χ2n) is 7.39. The average molecular weight is 412 g/mol. The quantitative estimate of drug-likeness (QED) is 0.504. The van der Waals surface area contributed by atoms with Gasteiger partial charge in [0.25, 0.3) is 5.91 Å². The lowest BCUT2D eigenvalue weighted by molar-refractivity contribution is -0.131. The smallest absolute Gasteiger partial charge is 0.251 e. The zero-order valence-corrected chi connectivity index (χ0v) is 17.4. The first kappa shape index (κ1) is 20.3. The van der Waals surface area contributed by atoms with E-state index in [1.54, 1.807) is 24.1 Å². The van der Waals surface area contributed by atoms with Gasteiger partial charge in [-0.15, -0.1) is 0 Å². The zero-order valence-electron chi connectivity index (χ0n) is 17.4. The molecule has 1 aromatic heterocycles. The van der Waals surface area contributed by atoms with Crippen LogP contribution >= 0.6 is 0 Å². The Morgan fingerprint density at radius 2 is 1.55 bits per heavy atom. The van der Waals surface area contributed by atoms with Crippen LogP contribution in [0.5, 0.6) is 0 Å². The van der Waals surface area contributed by atoms with E-state index >= 15 is 0 Å². The number of fused-ring (bicyclic) bond motifs is 1. The molecule has 6 heteroatoms. The predicted molar refractivity (Wildman–Crippen MR) is 120 cm³/mol. The molecule has 0 unspecified atom stereocenters. The van der Waals surface area contributed by atoms with E-state index in [1.807, 2.05) is 77.4 Å². The highest BCUT2D eigenvalue weighted by Crippen LogP contribution is 2.17. The third-order valence-electron chi connectivity index (χ3n) is 5.16. The fourth-order valence-electron chi connectivity index (χ4n) is 3.49. The molecule has 4 aromatic rings. The Hall–Kier alpha value is -3.93. The maximum atomic E-state index is 13.0. The zero-order chi connectivity index (χ0) is 21.6. The molecule has 0 spiro atoms. The third-order valence-corrected chi connectivity index (χ3v) is 5.16. The molecule has 0 bridgehead atoms. The molecule has 1 heterocycles. The lowest BCUT2D eigenvalue weighted by Crippen LogP contribution is -2.31. The van der Waals surface area contributed by atoms with Crippen LogP contribution in [-0.2, 0) is 24.4 Å². The van der Waals surface area contributed by atoms with Crippen molar-refractivity contribution in [3.8, 4) is 0 Å². The average Bonchev–Trinajstić information content (AvgIpc) is 3.16. The summed E-state index contributed by atoms with van der Waals surface area (Å²) >= 11 is 0. The minimum Gasteiger partial charge on any atom is -0.345 e. The maximum Gasteiger partial charge on any atom is 0.251 e. The van der Waals surface area contributed by atoms with Gasteiger partial charge in [-0.25, -0.2) is 4.98 Å². The first-order chi connectivity index (χ1) is 15.1. The number of carbonyl (C=O) groups is 2. The van der Waals surface area contributed by atoms with Crippen molar-refractivity contribution >= 4 is 22.8 Å². The number of nitrogens with one attached hydrogen (secondary N) is 1. The van der Waals surface area contributed by atoms with Gasteiger partial charge in [0.2, 0.25) is 5.91 Å². The Bertz CT molecular complexity index is 1190. The van der Waals surface area contributed by atoms with Crippen molar-refractivity contribution in [3.63, 3.8) is 0 Å². The molecule has 0 saturated carbocycles. The number of imidazole rings is 1. The van der Waals surface area contributed by atoms with Crippen LogP contribution in [0.2, 0.25) is 0 Å². The summed E-state index contributed by atoms with van der Waals surface area (Å²) in [5, 5.41) is 2.91. The van der Waals surface area contributed by atoms with Gasteiger partial charge in [-0.3, -0.25) is 9.59 Å². The molecular weight excluding hydrogens is 388 g/mol. The second-order valence-corrected chi connectivity index (χ2v) is 7.39. The van der Waals surface area contributed by atoms with Crippen LogP contribution in [0.15, 0.2) is 84.9 Å². The predicted octanol–water partition coefficient (Wildman–Crippen LogP) is 3.62. The summed E-state index contributed by atoms with van der Waals surface area (Å²) in [5.74, 6) is 0.446. The largest absolute Gasteiger partial charge is 0.345 e. The SMILES string of the molecule is CN(Cc1ccccc1)C(=O)Cn1c(CNC(=O)c2ccccc2)nc2ccccc21. The molecule has 2 amide bonds. The molecule has 0 atom stereocenters. The van der Waals surface area contributed by atoms with Crippen molar-refractivity contribution in [1.29, 1.82) is 0 Å². The van der Waals surface area contributed by atoms with Gasteiger partial charge in [0.05, 0.1) is 17.6 Å². The number of rotatable bonds is 7. The summed E-state index contributed by atoms with van der Waals surface area (Å²) in [4.78, 5) is 31.8. The van der Waals surface area contributed by atoms with Crippen LogP contribution in [0, 0.1) is 0 Å². The standard InChI is InChI=1S/C25H24N4O2/c1-28(17-19-10-4-2-5-11-19)24(30)18-29-22-15-9-8-14-21(22)27-23(29)16-26-25(31)20-12-6-3-7-13-20/h2-15H,16-18H2,1H3,(H,26,31). The monoisotopic (exact) mass is 412 g/mol. The van der Waals surface area contributed by atoms with Crippen LogP contribution in [0.1, 0.15) is 21.7 Å². The van der Waals surface area contributed by atoms with Crippen molar-refractivity contribution in [2.24, 2.45) is 0 Å². The second kappa shape index (κ2) is 9.26. The molecule has 0 saturated heterocycles. The van der Waals surface area contributed by atoms with Gasteiger partial charge in [-0.2, -0.15) is 0 Å². The number of aromatic nitrogens is 2.